The van der Waals surface area contributed by atoms with Crippen LogP contribution in [0.15, 0.2) is 25.3 Å². The summed E-state index contributed by atoms with van der Waals surface area (Å²) in [4.78, 5) is 22.3. The third-order valence-corrected chi connectivity index (χ3v) is 5.23. The van der Waals surface area contributed by atoms with Gasteiger partial charge < -0.3 is 10.2 Å². The maximum atomic E-state index is 11.2. The molecule has 0 aliphatic carbocycles. The molecule has 0 aromatic carbocycles. The number of carbonyl (C=O) groups excluding carboxylic acids is 2. The molecular weight excluding hydrogens is 328 g/mol. The molecule has 0 saturated heterocycles. The lowest BCUT2D eigenvalue weighted by atomic mass is 10.1. The van der Waals surface area contributed by atoms with Crippen LogP contribution >= 0.6 is 37.0 Å². The van der Waals surface area contributed by atoms with Crippen LogP contribution in [0.2, 0.25) is 0 Å². The molecule has 120 valence electrons. The molecule has 0 heterocycles. The molecule has 0 aromatic heterocycles. The summed E-state index contributed by atoms with van der Waals surface area (Å²) in [5.41, 5.74) is 0. The molecule has 0 radical (unpaired) electrons. The summed E-state index contributed by atoms with van der Waals surface area (Å²) in [6.45, 7) is 6.63. The first-order valence-corrected chi connectivity index (χ1v) is 8.63. The lowest BCUT2D eigenvalue weighted by Gasteiger charge is -2.16. The van der Waals surface area contributed by atoms with Crippen molar-refractivity contribution < 1.29 is 19.8 Å². The Morgan fingerprint density at radius 1 is 0.952 bits per heavy atom. The van der Waals surface area contributed by atoms with Crippen LogP contribution in [0.1, 0.15) is 12.8 Å². The van der Waals surface area contributed by atoms with Crippen molar-refractivity contribution in [1.82, 2.24) is 0 Å². The molecule has 0 spiro atoms. The fraction of sp³-hybridized carbons (Fsp3) is 0.571. The van der Waals surface area contributed by atoms with E-state index in [2.05, 4.69) is 38.4 Å². The van der Waals surface area contributed by atoms with E-state index in [-0.39, 0.29) is 23.3 Å². The summed E-state index contributed by atoms with van der Waals surface area (Å²) >= 11 is 10.2. The molecule has 7 heteroatoms. The standard InChI is InChI=1S/C14H22O4S3/c1-3-11(15)13(17)5-9(19)7-21-8-10(20)6-14(18)12(16)4-2/h3-4,9-10,13-14,17-20H,1-2,5-8H2. The summed E-state index contributed by atoms with van der Waals surface area (Å²) < 4.78 is 0. The second-order valence-corrected chi connectivity index (χ2v) is 7.10. The van der Waals surface area contributed by atoms with Gasteiger partial charge in [0, 0.05) is 22.0 Å². The highest BCUT2D eigenvalue weighted by atomic mass is 32.2. The Kier molecular flexibility index (Phi) is 11.3. The van der Waals surface area contributed by atoms with E-state index in [0.29, 0.717) is 11.5 Å². The number of hydrogen-bond acceptors (Lipinski definition) is 7. The average Bonchev–Trinajstić information content (AvgIpc) is 2.44. The summed E-state index contributed by atoms with van der Waals surface area (Å²) in [6.07, 6.45) is 0.583. The van der Waals surface area contributed by atoms with Crippen molar-refractivity contribution in [3.05, 3.63) is 25.3 Å². The molecule has 21 heavy (non-hydrogen) atoms. The molecule has 2 N–H and O–H groups in total. The summed E-state index contributed by atoms with van der Waals surface area (Å²) in [7, 11) is 0. The maximum Gasteiger partial charge on any atom is 0.183 e. The predicted octanol–water partition coefficient (Wildman–Crippen LogP) is 1.33. The van der Waals surface area contributed by atoms with Gasteiger partial charge in [-0.15, -0.1) is 0 Å². The van der Waals surface area contributed by atoms with E-state index in [1.165, 1.54) is 0 Å². The van der Waals surface area contributed by atoms with Crippen LogP contribution in [0.4, 0.5) is 0 Å². The lowest BCUT2D eigenvalue weighted by molar-refractivity contribution is -0.123. The van der Waals surface area contributed by atoms with Crippen molar-refractivity contribution in [2.45, 2.75) is 35.5 Å². The van der Waals surface area contributed by atoms with Gasteiger partial charge in [0.05, 0.1) is 0 Å². The van der Waals surface area contributed by atoms with Gasteiger partial charge in [0.25, 0.3) is 0 Å². The fourth-order valence-corrected chi connectivity index (χ4v) is 3.48. The zero-order valence-corrected chi connectivity index (χ0v) is 14.3. The van der Waals surface area contributed by atoms with Gasteiger partial charge in [0.1, 0.15) is 12.2 Å². The van der Waals surface area contributed by atoms with Crippen LogP contribution in [-0.4, -0.2) is 56.0 Å². The summed E-state index contributed by atoms with van der Waals surface area (Å²) in [5.74, 6) is 0.453. The van der Waals surface area contributed by atoms with Gasteiger partial charge in [-0.1, -0.05) is 13.2 Å². The van der Waals surface area contributed by atoms with Gasteiger partial charge in [-0.2, -0.15) is 37.0 Å². The van der Waals surface area contributed by atoms with E-state index in [9.17, 15) is 19.8 Å². The molecule has 4 atom stereocenters. The number of thiol groups is 2. The topological polar surface area (TPSA) is 74.6 Å². The van der Waals surface area contributed by atoms with Gasteiger partial charge in [-0.3, -0.25) is 9.59 Å². The molecule has 4 unspecified atom stereocenters. The first-order valence-electron chi connectivity index (χ1n) is 6.44. The monoisotopic (exact) mass is 350 g/mol. The summed E-state index contributed by atoms with van der Waals surface area (Å²) in [6, 6.07) is 0. The van der Waals surface area contributed by atoms with E-state index in [4.69, 9.17) is 0 Å². The van der Waals surface area contributed by atoms with Crippen molar-refractivity contribution in [1.29, 1.82) is 0 Å². The van der Waals surface area contributed by atoms with E-state index in [1.54, 1.807) is 11.8 Å². The van der Waals surface area contributed by atoms with E-state index in [0.717, 1.165) is 12.2 Å². The lowest BCUT2D eigenvalue weighted by Crippen LogP contribution is -2.24. The van der Waals surface area contributed by atoms with Crippen LogP contribution in [-0.2, 0) is 9.59 Å². The first-order chi connectivity index (χ1) is 9.81. The Bertz CT molecular complexity index is 339. The van der Waals surface area contributed by atoms with Gasteiger partial charge in [-0.05, 0) is 25.0 Å². The van der Waals surface area contributed by atoms with Crippen molar-refractivity contribution >= 4 is 48.6 Å². The number of ketones is 2. The van der Waals surface area contributed by atoms with Crippen LogP contribution in [0.5, 0.6) is 0 Å². The quantitative estimate of drug-likeness (QED) is 0.316. The Hall–Kier alpha value is -0.210. The van der Waals surface area contributed by atoms with Crippen molar-refractivity contribution in [3.63, 3.8) is 0 Å². The number of rotatable bonds is 12. The van der Waals surface area contributed by atoms with E-state index >= 15 is 0 Å². The number of hydrogen-bond donors (Lipinski definition) is 4. The van der Waals surface area contributed by atoms with Crippen LogP contribution in [0.3, 0.4) is 0 Å². The first kappa shape index (κ1) is 20.8. The molecule has 0 rings (SSSR count). The Labute approximate surface area is 140 Å². The van der Waals surface area contributed by atoms with Crippen molar-refractivity contribution in [2.24, 2.45) is 0 Å². The number of aliphatic hydroxyl groups is 2. The molecule has 4 nitrogen and oxygen atoms in total. The Morgan fingerprint density at radius 2 is 1.29 bits per heavy atom. The molecule has 0 amide bonds. The van der Waals surface area contributed by atoms with Gasteiger partial charge >= 0.3 is 0 Å². The highest BCUT2D eigenvalue weighted by Gasteiger charge is 2.18. The highest BCUT2D eigenvalue weighted by Crippen LogP contribution is 2.18. The number of carbonyl (C=O) groups is 2. The van der Waals surface area contributed by atoms with Crippen LogP contribution in [0.25, 0.3) is 0 Å². The highest BCUT2D eigenvalue weighted by molar-refractivity contribution is 8.00. The Morgan fingerprint density at radius 3 is 1.57 bits per heavy atom. The second kappa shape index (κ2) is 11.4. The minimum atomic E-state index is -1.07. The molecule has 0 aliphatic heterocycles. The average molecular weight is 351 g/mol. The molecule has 0 aromatic rings. The SMILES string of the molecule is C=CC(=O)C(O)CC(S)CSCC(S)CC(O)C(=O)C=C. The van der Waals surface area contributed by atoms with Crippen molar-refractivity contribution in [3.8, 4) is 0 Å². The minimum Gasteiger partial charge on any atom is -0.385 e. The van der Waals surface area contributed by atoms with Gasteiger partial charge in [-0.25, -0.2) is 0 Å². The molecule has 0 saturated carbocycles. The second-order valence-electron chi connectivity index (χ2n) is 4.56. The summed E-state index contributed by atoms with van der Waals surface area (Å²) in [5, 5.41) is 18.8. The van der Waals surface area contributed by atoms with Crippen molar-refractivity contribution in [2.75, 3.05) is 11.5 Å². The maximum absolute atomic E-state index is 11.2. The largest absolute Gasteiger partial charge is 0.385 e. The third-order valence-electron chi connectivity index (χ3n) is 2.67. The van der Waals surface area contributed by atoms with E-state index < -0.39 is 23.8 Å². The fourth-order valence-electron chi connectivity index (χ4n) is 1.50. The normalized spacial score (nSPS) is 16.6. The predicted molar refractivity (Wildman–Crippen MR) is 94.5 cm³/mol. The van der Waals surface area contributed by atoms with E-state index in [1.807, 2.05) is 0 Å². The van der Waals surface area contributed by atoms with Gasteiger partial charge in [0.15, 0.2) is 11.6 Å². The zero-order chi connectivity index (χ0) is 16.4. The molecular formula is C14H22O4S3. The third kappa shape index (κ3) is 9.42. The van der Waals surface area contributed by atoms with Gasteiger partial charge in [0.2, 0.25) is 0 Å². The van der Waals surface area contributed by atoms with Crippen LogP contribution < -0.4 is 0 Å². The van der Waals surface area contributed by atoms with Crippen LogP contribution in [0, 0.1) is 0 Å². The number of aliphatic hydroxyl groups excluding tert-OH is 2. The minimum absolute atomic E-state index is 0.130. The zero-order valence-electron chi connectivity index (χ0n) is 11.7. The molecule has 0 fully saturated rings. The number of thioether (sulfide) groups is 1. The Balaban J connectivity index is 3.92. The molecule has 0 aliphatic rings. The molecule has 0 bridgehead atoms. The smallest absolute Gasteiger partial charge is 0.183 e.